The Morgan fingerprint density at radius 2 is 1.57 bits per heavy atom. The Balaban J connectivity index is -0.0000000846. The van der Waals surface area contributed by atoms with Crippen molar-refractivity contribution >= 4 is 0 Å². The maximum Gasteiger partial charge on any atom is 0.0207 e. The third-order valence-corrected chi connectivity index (χ3v) is 3.33. The Kier molecular flexibility index (Phi) is 23.0. The summed E-state index contributed by atoms with van der Waals surface area (Å²) in [5.74, 6) is 0. The van der Waals surface area contributed by atoms with E-state index in [4.69, 9.17) is 5.21 Å². The minimum atomic E-state index is 0. The van der Waals surface area contributed by atoms with E-state index in [0.717, 1.165) is 32.5 Å². The highest BCUT2D eigenvalue weighted by molar-refractivity contribution is 4.87. The summed E-state index contributed by atoms with van der Waals surface area (Å²) in [6.07, 6.45) is 5.87. The maximum atomic E-state index is 8.30. The fraction of sp³-hybridized carbons (Fsp3) is 0.800. The lowest BCUT2D eigenvalue weighted by Gasteiger charge is -2.21. The molecule has 0 atom stereocenters. The maximum absolute atomic E-state index is 8.30. The van der Waals surface area contributed by atoms with Crippen LogP contribution in [0.15, 0.2) is 24.3 Å². The summed E-state index contributed by atoms with van der Waals surface area (Å²) < 4.78 is 0. The van der Waals surface area contributed by atoms with Gasteiger partial charge in [0.25, 0.3) is 0 Å². The normalized spacial score (nSPS) is 10.1. The van der Waals surface area contributed by atoms with E-state index in [0.29, 0.717) is 5.41 Å². The minimum absolute atomic E-state index is 0. The highest BCUT2D eigenvalue weighted by atomic mass is 16.5. The Hall–Kier alpha value is -0.640. The zero-order valence-electron chi connectivity index (χ0n) is 17.0. The molecule has 3 N–H and O–H groups in total. The molecule has 0 aromatic rings. The summed E-state index contributed by atoms with van der Waals surface area (Å²) in [5.41, 5.74) is 5.08. The molecule has 0 bridgehead atoms. The van der Waals surface area contributed by atoms with E-state index in [2.05, 4.69) is 58.6 Å². The lowest BCUT2D eigenvalue weighted by atomic mass is 9.85. The fourth-order valence-electron chi connectivity index (χ4n) is 1.46. The Morgan fingerprint density at radius 1 is 1.04 bits per heavy atom. The molecule has 0 saturated heterocycles. The smallest absolute Gasteiger partial charge is 0.0207 e. The monoisotopic (exact) mass is 332 g/mol. The van der Waals surface area contributed by atoms with E-state index in [1.165, 1.54) is 30.4 Å². The third-order valence-electron chi connectivity index (χ3n) is 3.33. The van der Waals surface area contributed by atoms with Crippen LogP contribution in [0.3, 0.4) is 0 Å². The van der Waals surface area contributed by atoms with Crippen LogP contribution < -0.4 is 10.8 Å². The van der Waals surface area contributed by atoms with Gasteiger partial charge in [-0.15, -0.1) is 13.2 Å². The predicted octanol–water partition coefficient (Wildman–Crippen LogP) is 6.21. The number of hydrogen-bond donors (Lipinski definition) is 3. The number of allylic oxidation sites excluding steroid dienone is 1. The summed E-state index contributed by atoms with van der Waals surface area (Å²) in [7, 11) is 0. The van der Waals surface area contributed by atoms with Gasteiger partial charge < -0.3 is 10.5 Å². The topological polar surface area (TPSA) is 44.3 Å². The summed E-state index contributed by atoms with van der Waals surface area (Å²) in [5, 5.41) is 11.5. The third kappa shape index (κ3) is 38.8. The van der Waals surface area contributed by atoms with E-state index in [1.807, 2.05) is 13.8 Å². The highest BCUT2D eigenvalue weighted by Gasteiger charge is 2.13. The molecule has 3 nitrogen and oxygen atoms in total. The van der Waals surface area contributed by atoms with Gasteiger partial charge in [-0.2, -0.15) is 0 Å². The minimum Gasteiger partial charge on any atom is -0.317 e. The van der Waals surface area contributed by atoms with Gasteiger partial charge in [-0.25, -0.2) is 5.48 Å². The van der Waals surface area contributed by atoms with Gasteiger partial charge in [-0.05, 0) is 58.5 Å². The van der Waals surface area contributed by atoms with Crippen molar-refractivity contribution in [2.24, 2.45) is 5.41 Å². The molecular weight excluding hydrogens is 284 g/mol. The fourth-order valence-corrected chi connectivity index (χ4v) is 1.46. The molecular formula is C20H48N2O. The molecule has 0 aliphatic carbocycles. The molecule has 144 valence electrons. The van der Waals surface area contributed by atoms with Crippen molar-refractivity contribution in [2.75, 3.05) is 19.6 Å². The molecule has 0 rings (SSSR count). The molecule has 0 aliphatic rings. The van der Waals surface area contributed by atoms with Crippen molar-refractivity contribution in [3.05, 3.63) is 24.3 Å². The lowest BCUT2D eigenvalue weighted by Crippen LogP contribution is -2.13. The molecule has 0 amide bonds. The van der Waals surface area contributed by atoms with Crippen LogP contribution in [0.1, 0.15) is 83.4 Å². The number of hydrogen-bond acceptors (Lipinski definition) is 3. The molecule has 0 heterocycles. The first-order chi connectivity index (χ1) is 10.6. The van der Waals surface area contributed by atoms with Crippen LogP contribution in [0, 0.1) is 5.41 Å². The van der Waals surface area contributed by atoms with Crippen molar-refractivity contribution < 1.29 is 8.06 Å². The first kappa shape index (κ1) is 27.2. The molecule has 0 aliphatic heterocycles. The number of hydroxylamine groups is 1. The van der Waals surface area contributed by atoms with Crippen LogP contribution in [0.2, 0.25) is 0 Å². The summed E-state index contributed by atoms with van der Waals surface area (Å²) >= 11 is 0. The van der Waals surface area contributed by atoms with Crippen LogP contribution in [-0.2, 0) is 0 Å². The first-order valence-corrected chi connectivity index (χ1v) is 8.97. The second kappa shape index (κ2) is 19.4. The average Bonchev–Trinajstić information content (AvgIpc) is 2.44. The van der Waals surface area contributed by atoms with Crippen LogP contribution in [0.5, 0.6) is 0 Å². The quantitative estimate of drug-likeness (QED) is 0.253. The van der Waals surface area contributed by atoms with Crippen molar-refractivity contribution in [3.8, 4) is 0 Å². The zero-order valence-corrected chi connectivity index (χ0v) is 17.0. The number of rotatable bonds is 10. The first-order valence-electron chi connectivity index (χ1n) is 8.97. The van der Waals surface area contributed by atoms with Crippen LogP contribution >= 0.6 is 0 Å². The largest absolute Gasteiger partial charge is 0.317 e. The summed E-state index contributed by atoms with van der Waals surface area (Å²) in [6.45, 7) is 25.1. The Labute approximate surface area is 149 Å². The van der Waals surface area contributed by atoms with Gasteiger partial charge in [0.05, 0.1) is 0 Å². The lowest BCUT2D eigenvalue weighted by molar-refractivity contribution is 0.162. The van der Waals surface area contributed by atoms with E-state index in [9.17, 15) is 0 Å². The molecule has 0 aromatic carbocycles. The predicted molar refractivity (Wildman–Crippen MR) is 110 cm³/mol. The molecule has 0 unspecified atom stereocenters. The highest BCUT2D eigenvalue weighted by Crippen LogP contribution is 2.26. The molecule has 0 radical (unpaired) electrons. The van der Waals surface area contributed by atoms with Gasteiger partial charge in [0.2, 0.25) is 0 Å². The molecule has 0 fully saturated rings. The van der Waals surface area contributed by atoms with Crippen molar-refractivity contribution in [2.45, 2.75) is 80.6 Å². The second-order valence-electron chi connectivity index (χ2n) is 7.15. The SMILES string of the molecule is C=C(C)C.C=C(C)CCNCC.CCC(C)(C)CCCCNO.[HH].[HH]. The van der Waals surface area contributed by atoms with E-state index >= 15 is 0 Å². The Bertz CT molecular complexity index is 279. The van der Waals surface area contributed by atoms with Gasteiger partial charge in [0, 0.05) is 9.40 Å². The molecule has 0 saturated carbocycles. The van der Waals surface area contributed by atoms with Crippen LogP contribution in [0.25, 0.3) is 0 Å². The van der Waals surface area contributed by atoms with E-state index in [1.54, 1.807) is 0 Å². The van der Waals surface area contributed by atoms with Crippen LogP contribution in [-0.4, -0.2) is 24.8 Å². The molecule has 0 aromatic heterocycles. The van der Waals surface area contributed by atoms with Gasteiger partial charge in [0.1, 0.15) is 0 Å². The zero-order chi connectivity index (χ0) is 18.7. The number of nitrogens with one attached hydrogen (secondary N) is 2. The van der Waals surface area contributed by atoms with Crippen molar-refractivity contribution in [1.29, 1.82) is 0 Å². The summed E-state index contributed by atoms with van der Waals surface area (Å²) in [6, 6.07) is 0. The Morgan fingerprint density at radius 3 is 1.91 bits per heavy atom. The van der Waals surface area contributed by atoms with Gasteiger partial charge >= 0.3 is 0 Å². The van der Waals surface area contributed by atoms with E-state index in [-0.39, 0.29) is 2.85 Å². The van der Waals surface area contributed by atoms with Gasteiger partial charge in [-0.3, -0.25) is 0 Å². The summed E-state index contributed by atoms with van der Waals surface area (Å²) in [4.78, 5) is 0. The van der Waals surface area contributed by atoms with Crippen molar-refractivity contribution in [1.82, 2.24) is 10.8 Å². The molecule has 3 heteroatoms. The van der Waals surface area contributed by atoms with Crippen molar-refractivity contribution in [3.63, 3.8) is 0 Å². The average molecular weight is 333 g/mol. The standard InChI is InChI=1S/C9H21NO.C7H15N.C4H8.2H2/c1-4-9(2,3)7-5-6-8-10-11;1-4-8-6-5-7(2)3;1-4(2)3;;/h10-11H,4-8H2,1-3H3;8H,2,4-6H2,1,3H3;1H2,2-3H3;2*1H. The van der Waals surface area contributed by atoms with E-state index < -0.39 is 0 Å². The number of unbranched alkanes of at least 4 members (excludes halogenated alkanes) is 1. The van der Waals surface area contributed by atoms with Gasteiger partial charge in [-0.1, -0.05) is 51.7 Å². The second-order valence-corrected chi connectivity index (χ2v) is 7.15. The molecule has 0 spiro atoms. The molecule has 23 heavy (non-hydrogen) atoms. The van der Waals surface area contributed by atoms with Crippen LogP contribution in [0.4, 0.5) is 0 Å². The van der Waals surface area contributed by atoms with Gasteiger partial charge in [0.15, 0.2) is 0 Å².